The van der Waals surface area contributed by atoms with Crippen molar-refractivity contribution in [3.63, 3.8) is 0 Å². The zero-order valence-electron chi connectivity index (χ0n) is 9.84. The largest absolute Gasteiger partial charge is 0.384 e. The van der Waals surface area contributed by atoms with Gasteiger partial charge in [-0.3, -0.25) is 9.59 Å². The van der Waals surface area contributed by atoms with E-state index in [0.29, 0.717) is 35.9 Å². The first-order valence-electron chi connectivity index (χ1n) is 6.48. The van der Waals surface area contributed by atoms with Crippen molar-refractivity contribution in [3.8, 4) is 0 Å². The van der Waals surface area contributed by atoms with Crippen LogP contribution in [0.25, 0.3) is 0 Å². The number of methoxy groups -OCH3 is 1. The van der Waals surface area contributed by atoms with Gasteiger partial charge < -0.3 is 4.74 Å². The van der Waals surface area contributed by atoms with Crippen molar-refractivity contribution in [2.75, 3.05) is 13.7 Å². The average Bonchev–Trinajstić information content (AvgIpc) is 2.98. The normalized spacial score (nSPS) is 53.8. The van der Waals surface area contributed by atoms with Crippen molar-refractivity contribution in [1.29, 1.82) is 0 Å². The molecule has 17 heavy (non-hydrogen) atoms. The highest BCUT2D eigenvalue weighted by Crippen LogP contribution is 2.64. The number of hydrogen-bond donors (Lipinski definition) is 0. The van der Waals surface area contributed by atoms with E-state index in [1.165, 1.54) is 0 Å². The Hall–Kier alpha value is -0.960. The molecule has 0 saturated heterocycles. The summed E-state index contributed by atoms with van der Waals surface area (Å²) in [6.07, 6.45) is 5.04. The molecule has 3 saturated carbocycles. The van der Waals surface area contributed by atoms with Crippen LogP contribution in [0.1, 0.15) is 6.42 Å². The first-order chi connectivity index (χ1) is 8.24. The van der Waals surface area contributed by atoms with Crippen LogP contribution in [0.3, 0.4) is 0 Å². The molecule has 0 N–H and O–H groups in total. The molecule has 0 radical (unpaired) electrons. The molecule has 4 aliphatic rings. The quantitative estimate of drug-likeness (QED) is 0.528. The van der Waals surface area contributed by atoms with Gasteiger partial charge in [0.1, 0.15) is 11.6 Å². The molecule has 0 aliphatic heterocycles. The number of fused-ring (bicyclic) bond motifs is 9. The van der Waals surface area contributed by atoms with E-state index in [1.807, 2.05) is 12.2 Å². The molecule has 3 fully saturated rings. The molecule has 0 spiro atoms. The van der Waals surface area contributed by atoms with Gasteiger partial charge in [0.25, 0.3) is 0 Å². The molecule has 7 unspecified atom stereocenters. The number of carbonyl (C=O) groups is 2. The fourth-order valence-electron chi connectivity index (χ4n) is 5.05. The molecule has 0 aromatic carbocycles. The van der Waals surface area contributed by atoms with E-state index < -0.39 is 0 Å². The summed E-state index contributed by atoms with van der Waals surface area (Å²) in [7, 11) is 1.69. The van der Waals surface area contributed by atoms with Crippen LogP contribution in [-0.2, 0) is 14.3 Å². The molecule has 0 amide bonds. The molecule has 4 bridgehead atoms. The van der Waals surface area contributed by atoms with Crippen LogP contribution >= 0.6 is 0 Å². The van der Waals surface area contributed by atoms with Crippen LogP contribution in [0, 0.1) is 41.4 Å². The van der Waals surface area contributed by atoms with Gasteiger partial charge in [0.2, 0.25) is 0 Å². The van der Waals surface area contributed by atoms with Gasteiger partial charge in [-0.05, 0) is 24.2 Å². The summed E-state index contributed by atoms with van der Waals surface area (Å²) in [5.74, 6) is 2.17. The number of ketones is 2. The highest BCUT2D eigenvalue weighted by atomic mass is 16.5. The smallest absolute Gasteiger partial charge is 0.147 e. The Balaban J connectivity index is 1.73. The second kappa shape index (κ2) is 3.08. The van der Waals surface area contributed by atoms with E-state index in [0.717, 1.165) is 6.42 Å². The average molecular weight is 232 g/mol. The molecule has 90 valence electrons. The van der Waals surface area contributed by atoms with Crippen molar-refractivity contribution in [2.45, 2.75) is 6.42 Å². The van der Waals surface area contributed by atoms with Gasteiger partial charge in [-0.25, -0.2) is 0 Å². The number of Topliss-reactive ketones (excluding diaryl/α,β-unsaturated/α-hetero) is 2. The predicted molar refractivity (Wildman–Crippen MR) is 60.1 cm³/mol. The lowest BCUT2D eigenvalue weighted by Gasteiger charge is -2.33. The Morgan fingerprint density at radius 3 is 2.59 bits per heavy atom. The second-order valence-corrected chi connectivity index (χ2v) is 5.98. The summed E-state index contributed by atoms with van der Waals surface area (Å²) in [6, 6.07) is 0. The van der Waals surface area contributed by atoms with E-state index in [-0.39, 0.29) is 23.7 Å². The zero-order valence-corrected chi connectivity index (χ0v) is 9.84. The minimum atomic E-state index is 0.0450. The summed E-state index contributed by atoms with van der Waals surface area (Å²) in [4.78, 5) is 24.4. The molecular formula is C14H16O3. The minimum Gasteiger partial charge on any atom is -0.384 e. The molecule has 4 rings (SSSR count). The molecular weight excluding hydrogens is 216 g/mol. The third-order valence-electron chi connectivity index (χ3n) is 5.48. The van der Waals surface area contributed by atoms with Crippen LogP contribution in [0.4, 0.5) is 0 Å². The van der Waals surface area contributed by atoms with Crippen LogP contribution in [0.2, 0.25) is 0 Å². The maximum absolute atomic E-state index is 12.3. The fraction of sp³-hybridized carbons (Fsp3) is 0.714. The molecule has 3 heteroatoms. The minimum absolute atomic E-state index is 0.0450. The Morgan fingerprint density at radius 2 is 1.88 bits per heavy atom. The van der Waals surface area contributed by atoms with Crippen molar-refractivity contribution in [3.05, 3.63) is 12.2 Å². The third-order valence-corrected chi connectivity index (χ3v) is 5.48. The van der Waals surface area contributed by atoms with E-state index in [4.69, 9.17) is 4.74 Å². The molecule has 3 nitrogen and oxygen atoms in total. The SMILES string of the molecule is COCC1CC2C(=O)C1C1C3C=CC(C3=O)C21. The van der Waals surface area contributed by atoms with E-state index >= 15 is 0 Å². The highest BCUT2D eigenvalue weighted by Gasteiger charge is 2.68. The van der Waals surface area contributed by atoms with E-state index in [9.17, 15) is 9.59 Å². The lowest BCUT2D eigenvalue weighted by atomic mass is 9.69. The predicted octanol–water partition coefficient (Wildman–Crippen LogP) is 1.09. The zero-order chi connectivity index (χ0) is 11.7. The molecule has 0 aromatic heterocycles. The van der Waals surface area contributed by atoms with Crippen LogP contribution in [-0.4, -0.2) is 25.3 Å². The Bertz CT molecular complexity index is 439. The van der Waals surface area contributed by atoms with Crippen molar-refractivity contribution < 1.29 is 14.3 Å². The van der Waals surface area contributed by atoms with Crippen LogP contribution in [0.5, 0.6) is 0 Å². The maximum atomic E-state index is 12.3. The van der Waals surface area contributed by atoms with Gasteiger partial charge in [0.15, 0.2) is 0 Å². The van der Waals surface area contributed by atoms with Crippen molar-refractivity contribution in [2.24, 2.45) is 41.4 Å². The lowest BCUT2D eigenvalue weighted by Crippen LogP contribution is -2.32. The van der Waals surface area contributed by atoms with Gasteiger partial charge >= 0.3 is 0 Å². The van der Waals surface area contributed by atoms with Crippen molar-refractivity contribution in [1.82, 2.24) is 0 Å². The van der Waals surface area contributed by atoms with E-state index in [1.54, 1.807) is 7.11 Å². The Kier molecular flexibility index (Phi) is 1.81. The maximum Gasteiger partial charge on any atom is 0.147 e. The number of allylic oxidation sites excluding steroid dienone is 2. The third kappa shape index (κ3) is 0.982. The molecule has 0 aromatic rings. The summed E-state index contributed by atoms with van der Waals surface area (Å²) in [5.41, 5.74) is 0. The monoisotopic (exact) mass is 232 g/mol. The number of carbonyl (C=O) groups excluding carboxylic acids is 2. The number of ether oxygens (including phenoxy) is 1. The van der Waals surface area contributed by atoms with E-state index in [2.05, 4.69) is 0 Å². The molecule has 7 atom stereocenters. The van der Waals surface area contributed by atoms with Crippen LogP contribution in [0.15, 0.2) is 12.2 Å². The molecule has 0 heterocycles. The van der Waals surface area contributed by atoms with Gasteiger partial charge in [-0.15, -0.1) is 0 Å². The first kappa shape index (κ1) is 10.0. The van der Waals surface area contributed by atoms with Gasteiger partial charge in [0, 0.05) is 37.4 Å². The van der Waals surface area contributed by atoms with Gasteiger partial charge in [-0.1, -0.05) is 12.2 Å². The fourth-order valence-corrected chi connectivity index (χ4v) is 5.05. The topological polar surface area (TPSA) is 43.4 Å². The summed E-state index contributed by atoms with van der Waals surface area (Å²) in [5, 5.41) is 0. The van der Waals surface area contributed by atoms with Gasteiger partial charge in [-0.2, -0.15) is 0 Å². The highest BCUT2D eigenvalue weighted by molar-refractivity contribution is 5.98. The number of hydrogen-bond acceptors (Lipinski definition) is 3. The van der Waals surface area contributed by atoms with Gasteiger partial charge in [0.05, 0.1) is 0 Å². The van der Waals surface area contributed by atoms with Crippen molar-refractivity contribution >= 4 is 11.6 Å². The standard InChI is InChI=1S/C14H16O3/c1-17-5-6-4-9-11-7-2-3-8(13(7)15)12(11)10(6)14(9)16/h2-3,6-12H,4-5H2,1H3. The summed E-state index contributed by atoms with van der Waals surface area (Å²) < 4.78 is 5.23. The summed E-state index contributed by atoms with van der Waals surface area (Å²) >= 11 is 0. The lowest BCUT2D eigenvalue weighted by molar-refractivity contribution is -0.125. The Morgan fingerprint density at radius 1 is 1.18 bits per heavy atom. The Labute approximate surface area is 100 Å². The molecule has 4 aliphatic carbocycles. The number of rotatable bonds is 2. The van der Waals surface area contributed by atoms with Crippen LogP contribution < -0.4 is 0 Å². The summed E-state index contributed by atoms with van der Waals surface area (Å²) in [6.45, 7) is 0.672. The second-order valence-electron chi connectivity index (χ2n) is 5.98. The first-order valence-corrected chi connectivity index (χ1v) is 6.48.